The van der Waals surface area contributed by atoms with Gasteiger partial charge in [0.15, 0.2) is 0 Å². The monoisotopic (exact) mass is 291 g/mol. The molecule has 0 bridgehead atoms. The molecule has 1 aromatic rings. The number of rotatable bonds is 4. The van der Waals surface area contributed by atoms with Crippen LogP contribution in [-0.4, -0.2) is 51.4 Å². The van der Waals surface area contributed by atoms with Crippen molar-refractivity contribution in [3.05, 3.63) is 23.8 Å². The van der Waals surface area contributed by atoms with Crippen LogP contribution in [0.1, 0.15) is 44.1 Å². The third-order valence-electron chi connectivity index (χ3n) is 5.12. The Kier molecular flexibility index (Phi) is 4.24. The van der Waals surface area contributed by atoms with Gasteiger partial charge in [-0.2, -0.15) is 0 Å². The fraction of sp³-hybridized carbons (Fsp3) is 0.750. The number of methoxy groups -OCH3 is 1. The Labute approximate surface area is 126 Å². The van der Waals surface area contributed by atoms with Crippen LogP contribution in [0.25, 0.3) is 0 Å². The first kappa shape index (κ1) is 14.9. The van der Waals surface area contributed by atoms with E-state index in [1.54, 1.807) is 0 Å². The molecule has 2 heterocycles. The quantitative estimate of drug-likeness (QED) is 0.912. The second kappa shape index (κ2) is 5.99. The lowest BCUT2D eigenvalue weighted by atomic mass is 9.79. The van der Waals surface area contributed by atoms with E-state index in [2.05, 4.69) is 21.8 Å². The highest BCUT2D eigenvalue weighted by Gasteiger charge is 2.50. The number of aryl methyl sites for hydroxylation is 1. The molecule has 1 saturated heterocycles. The summed E-state index contributed by atoms with van der Waals surface area (Å²) in [6, 6.07) is 2.29. The highest BCUT2D eigenvalue weighted by Crippen LogP contribution is 2.42. The molecule has 116 valence electrons. The van der Waals surface area contributed by atoms with Crippen LogP contribution in [-0.2, 0) is 17.7 Å². The molecule has 2 fully saturated rings. The summed E-state index contributed by atoms with van der Waals surface area (Å²) < 4.78 is 5.88. The van der Waals surface area contributed by atoms with Gasteiger partial charge in [-0.05, 0) is 31.7 Å². The van der Waals surface area contributed by atoms with Gasteiger partial charge in [0, 0.05) is 38.9 Å². The van der Waals surface area contributed by atoms with Crippen LogP contribution in [0.15, 0.2) is 12.3 Å². The van der Waals surface area contributed by atoms with E-state index in [1.165, 1.54) is 0 Å². The fourth-order valence-corrected chi connectivity index (χ4v) is 3.87. The van der Waals surface area contributed by atoms with E-state index in [4.69, 9.17) is 4.74 Å². The maximum absolute atomic E-state index is 10.0. The van der Waals surface area contributed by atoms with Crippen molar-refractivity contribution in [3.8, 4) is 0 Å². The molecule has 1 saturated carbocycles. The molecule has 0 amide bonds. The second-order valence-corrected chi connectivity index (χ2v) is 6.25. The van der Waals surface area contributed by atoms with E-state index < -0.39 is 0 Å². The number of hydrogen-bond acceptors (Lipinski definition) is 5. The lowest BCUT2D eigenvalue weighted by Crippen LogP contribution is -2.51. The van der Waals surface area contributed by atoms with Crippen LogP contribution in [0.4, 0.5) is 0 Å². The molecule has 3 atom stereocenters. The molecule has 1 aliphatic carbocycles. The molecule has 1 aliphatic heterocycles. The number of hydrogen-bond donors (Lipinski definition) is 1. The lowest BCUT2D eigenvalue weighted by Gasteiger charge is -2.42. The Morgan fingerprint density at radius 1 is 1.48 bits per heavy atom. The molecular formula is C16H25N3O2. The molecule has 0 spiro atoms. The molecule has 21 heavy (non-hydrogen) atoms. The van der Waals surface area contributed by atoms with Gasteiger partial charge in [0.1, 0.15) is 5.82 Å². The molecule has 5 nitrogen and oxygen atoms in total. The summed E-state index contributed by atoms with van der Waals surface area (Å²) in [6.45, 7) is 3.90. The first-order valence-corrected chi connectivity index (χ1v) is 7.95. The van der Waals surface area contributed by atoms with Crippen molar-refractivity contribution < 1.29 is 9.84 Å². The van der Waals surface area contributed by atoms with Crippen molar-refractivity contribution in [1.82, 2.24) is 14.9 Å². The highest BCUT2D eigenvalue weighted by molar-refractivity contribution is 5.09. The Hall–Kier alpha value is -1.04. The van der Waals surface area contributed by atoms with E-state index in [1.807, 2.05) is 19.4 Å². The smallest absolute Gasteiger partial charge is 0.128 e. The average Bonchev–Trinajstić information content (AvgIpc) is 2.86. The SMILES string of the molecule is CCc1nccc(CN2CC[C@]3(OC)CC[C@@H](O)C[C@H]23)n1. The van der Waals surface area contributed by atoms with Gasteiger partial charge in [0.25, 0.3) is 0 Å². The van der Waals surface area contributed by atoms with Gasteiger partial charge in [-0.1, -0.05) is 6.92 Å². The largest absolute Gasteiger partial charge is 0.393 e. The molecule has 5 heteroatoms. The summed E-state index contributed by atoms with van der Waals surface area (Å²) in [5.41, 5.74) is 0.994. The maximum Gasteiger partial charge on any atom is 0.128 e. The van der Waals surface area contributed by atoms with E-state index in [9.17, 15) is 5.11 Å². The Balaban J connectivity index is 1.76. The van der Waals surface area contributed by atoms with Crippen molar-refractivity contribution in [2.24, 2.45) is 0 Å². The number of aromatic nitrogens is 2. The molecule has 1 N–H and O–H groups in total. The highest BCUT2D eigenvalue weighted by atomic mass is 16.5. The molecule has 3 rings (SSSR count). The number of aliphatic hydroxyl groups is 1. The van der Waals surface area contributed by atoms with Gasteiger partial charge in [0.2, 0.25) is 0 Å². The minimum atomic E-state index is -0.199. The summed E-state index contributed by atoms with van der Waals surface area (Å²) >= 11 is 0. The molecule has 0 aromatic carbocycles. The van der Waals surface area contributed by atoms with E-state index in [0.29, 0.717) is 6.04 Å². The normalized spacial score (nSPS) is 33.1. The van der Waals surface area contributed by atoms with Crippen LogP contribution in [0, 0.1) is 0 Å². The topological polar surface area (TPSA) is 58.5 Å². The number of ether oxygens (including phenoxy) is 1. The van der Waals surface area contributed by atoms with Crippen LogP contribution in [0.2, 0.25) is 0 Å². The van der Waals surface area contributed by atoms with E-state index >= 15 is 0 Å². The standard InChI is InChI=1S/C16H25N3O2/c1-3-15-17-8-5-12(18-15)11-19-9-7-16(21-2)6-4-13(20)10-14(16)19/h5,8,13-14,20H,3-4,6-7,9-11H2,1-2H3/t13-,14+,16-/m1/s1. The van der Waals surface area contributed by atoms with Crippen molar-refractivity contribution in [3.63, 3.8) is 0 Å². The van der Waals surface area contributed by atoms with Crippen LogP contribution < -0.4 is 0 Å². The van der Waals surface area contributed by atoms with Crippen molar-refractivity contribution in [2.75, 3.05) is 13.7 Å². The van der Waals surface area contributed by atoms with Gasteiger partial charge in [-0.3, -0.25) is 4.90 Å². The predicted molar refractivity (Wildman–Crippen MR) is 79.8 cm³/mol. The zero-order valence-electron chi connectivity index (χ0n) is 13.0. The van der Waals surface area contributed by atoms with Crippen molar-refractivity contribution in [1.29, 1.82) is 0 Å². The van der Waals surface area contributed by atoms with Gasteiger partial charge < -0.3 is 9.84 Å². The van der Waals surface area contributed by atoms with Crippen molar-refractivity contribution >= 4 is 0 Å². The number of fused-ring (bicyclic) bond motifs is 1. The van der Waals surface area contributed by atoms with E-state index in [-0.39, 0.29) is 11.7 Å². The van der Waals surface area contributed by atoms with Gasteiger partial charge >= 0.3 is 0 Å². The summed E-state index contributed by atoms with van der Waals surface area (Å²) in [7, 11) is 1.81. The molecule has 2 aliphatic rings. The molecule has 0 unspecified atom stereocenters. The van der Waals surface area contributed by atoms with Crippen LogP contribution in [0.5, 0.6) is 0 Å². The zero-order chi connectivity index (χ0) is 14.9. The van der Waals surface area contributed by atoms with Crippen LogP contribution >= 0.6 is 0 Å². The number of likely N-dealkylation sites (tertiary alicyclic amines) is 1. The molecular weight excluding hydrogens is 266 g/mol. The molecule has 0 radical (unpaired) electrons. The van der Waals surface area contributed by atoms with Crippen LogP contribution in [0.3, 0.4) is 0 Å². The van der Waals surface area contributed by atoms with E-state index in [0.717, 1.165) is 56.7 Å². The molecule has 1 aromatic heterocycles. The summed E-state index contributed by atoms with van der Waals surface area (Å²) in [5, 5.41) is 10.0. The maximum atomic E-state index is 10.0. The fourth-order valence-electron chi connectivity index (χ4n) is 3.87. The lowest BCUT2D eigenvalue weighted by molar-refractivity contribution is -0.0880. The minimum absolute atomic E-state index is 0.0696. The van der Waals surface area contributed by atoms with Gasteiger partial charge in [-0.15, -0.1) is 0 Å². The third-order valence-corrected chi connectivity index (χ3v) is 5.12. The van der Waals surface area contributed by atoms with Gasteiger partial charge in [0.05, 0.1) is 17.4 Å². The Morgan fingerprint density at radius 2 is 2.33 bits per heavy atom. The summed E-state index contributed by atoms with van der Waals surface area (Å²) in [5.74, 6) is 0.897. The second-order valence-electron chi connectivity index (χ2n) is 6.25. The Morgan fingerprint density at radius 3 is 3.10 bits per heavy atom. The predicted octanol–water partition coefficient (Wildman–Crippen LogP) is 1.54. The first-order chi connectivity index (χ1) is 10.2. The van der Waals surface area contributed by atoms with Gasteiger partial charge in [-0.25, -0.2) is 9.97 Å². The van der Waals surface area contributed by atoms with Crippen molar-refractivity contribution in [2.45, 2.75) is 63.3 Å². The summed E-state index contributed by atoms with van der Waals surface area (Å²) in [4.78, 5) is 11.3. The minimum Gasteiger partial charge on any atom is -0.393 e. The third kappa shape index (κ3) is 2.82. The number of nitrogens with zero attached hydrogens (tertiary/aromatic N) is 3. The number of aliphatic hydroxyl groups excluding tert-OH is 1. The first-order valence-electron chi connectivity index (χ1n) is 7.95. The Bertz CT molecular complexity index is 496. The zero-order valence-corrected chi connectivity index (χ0v) is 13.0. The average molecular weight is 291 g/mol. The summed E-state index contributed by atoms with van der Waals surface area (Å²) in [6.07, 6.45) is 6.16.